The Balaban J connectivity index is 2.11. The van der Waals surface area contributed by atoms with E-state index in [4.69, 9.17) is 0 Å². The maximum Gasteiger partial charge on any atom is 0.0712 e. The third-order valence-electron chi connectivity index (χ3n) is 3.91. The van der Waals surface area contributed by atoms with E-state index in [9.17, 15) is 5.11 Å². The molecule has 1 unspecified atom stereocenters. The minimum Gasteiger partial charge on any atom is -0.391 e. The zero-order valence-electron chi connectivity index (χ0n) is 11.4. The van der Waals surface area contributed by atoms with Gasteiger partial charge in [-0.05, 0) is 36.6 Å². The first-order valence-electron chi connectivity index (χ1n) is 6.78. The van der Waals surface area contributed by atoms with E-state index in [1.54, 1.807) is 0 Å². The van der Waals surface area contributed by atoms with Gasteiger partial charge in [0, 0.05) is 6.54 Å². The highest BCUT2D eigenvalue weighted by Gasteiger charge is 2.22. The molecule has 0 aromatic rings. The van der Waals surface area contributed by atoms with Crippen LogP contribution in [0.4, 0.5) is 0 Å². The van der Waals surface area contributed by atoms with Crippen LogP contribution in [0.25, 0.3) is 0 Å². The second kappa shape index (κ2) is 6.02. The van der Waals surface area contributed by atoms with Gasteiger partial charge >= 0.3 is 0 Å². The Morgan fingerprint density at radius 3 is 2.25 bits per heavy atom. The smallest absolute Gasteiger partial charge is 0.0712 e. The topological polar surface area (TPSA) is 32.3 Å². The van der Waals surface area contributed by atoms with Crippen LogP contribution in [-0.4, -0.2) is 24.3 Å². The Morgan fingerprint density at radius 2 is 1.75 bits per heavy atom. The standard InChI is InChI=1S/C14H29NO/c1-11-5-7-12(8-6-11)9-15-10-13(16)14(2,3)4/h11-13,15-16H,5-10H2,1-4H3. The minimum atomic E-state index is -0.241. The van der Waals surface area contributed by atoms with Gasteiger partial charge in [-0.1, -0.05) is 40.5 Å². The third-order valence-corrected chi connectivity index (χ3v) is 3.91. The Kier molecular flexibility index (Phi) is 5.26. The van der Waals surface area contributed by atoms with Crippen LogP contribution < -0.4 is 5.32 Å². The molecule has 0 aromatic heterocycles. The quantitative estimate of drug-likeness (QED) is 0.774. The molecule has 0 amide bonds. The summed E-state index contributed by atoms with van der Waals surface area (Å²) < 4.78 is 0. The summed E-state index contributed by atoms with van der Waals surface area (Å²) in [5, 5.41) is 13.3. The molecule has 1 atom stereocenters. The van der Waals surface area contributed by atoms with Gasteiger partial charge in [-0.2, -0.15) is 0 Å². The Labute approximate surface area is 101 Å². The number of nitrogens with one attached hydrogen (secondary N) is 1. The molecular weight excluding hydrogens is 198 g/mol. The Bertz CT molecular complexity index is 189. The molecule has 2 nitrogen and oxygen atoms in total. The number of aliphatic hydroxyl groups is 1. The second-order valence-electron chi connectivity index (χ2n) is 6.67. The van der Waals surface area contributed by atoms with E-state index in [0.717, 1.165) is 24.9 Å². The van der Waals surface area contributed by atoms with Gasteiger partial charge < -0.3 is 10.4 Å². The molecule has 1 aliphatic rings. The molecule has 0 saturated heterocycles. The van der Waals surface area contributed by atoms with Gasteiger partial charge in [0.15, 0.2) is 0 Å². The first-order chi connectivity index (χ1) is 7.39. The molecule has 0 heterocycles. The van der Waals surface area contributed by atoms with Crippen molar-refractivity contribution in [2.45, 2.75) is 59.5 Å². The molecule has 0 aromatic carbocycles. The molecule has 0 aliphatic heterocycles. The van der Waals surface area contributed by atoms with Gasteiger partial charge in [0.2, 0.25) is 0 Å². The molecule has 16 heavy (non-hydrogen) atoms. The first kappa shape index (κ1) is 14.0. The van der Waals surface area contributed by atoms with Crippen molar-refractivity contribution in [1.82, 2.24) is 5.32 Å². The lowest BCUT2D eigenvalue weighted by Crippen LogP contribution is -2.38. The monoisotopic (exact) mass is 227 g/mol. The van der Waals surface area contributed by atoms with E-state index in [1.807, 2.05) is 0 Å². The van der Waals surface area contributed by atoms with E-state index in [2.05, 4.69) is 33.0 Å². The van der Waals surface area contributed by atoms with Crippen LogP contribution in [0, 0.1) is 17.3 Å². The lowest BCUT2D eigenvalue weighted by molar-refractivity contribution is 0.0616. The second-order valence-corrected chi connectivity index (χ2v) is 6.67. The number of hydrogen-bond acceptors (Lipinski definition) is 2. The fourth-order valence-corrected chi connectivity index (χ4v) is 2.26. The zero-order chi connectivity index (χ0) is 12.2. The number of aliphatic hydroxyl groups excluding tert-OH is 1. The van der Waals surface area contributed by atoms with Gasteiger partial charge in [-0.15, -0.1) is 0 Å². The predicted molar refractivity (Wildman–Crippen MR) is 69.5 cm³/mol. The molecule has 1 aliphatic carbocycles. The molecule has 2 N–H and O–H groups in total. The molecular formula is C14H29NO. The average Bonchev–Trinajstić information content (AvgIpc) is 2.19. The predicted octanol–water partition coefficient (Wildman–Crippen LogP) is 2.81. The summed E-state index contributed by atoms with van der Waals surface area (Å²) in [6, 6.07) is 0. The van der Waals surface area contributed by atoms with Crippen molar-refractivity contribution < 1.29 is 5.11 Å². The van der Waals surface area contributed by atoms with Crippen LogP contribution in [0.5, 0.6) is 0 Å². The van der Waals surface area contributed by atoms with Gasteiger partial charge in [0.05, 0.1) is 6.10 Å². The molecule has 1 fully saturated rings. The number of rotatable bonds is 4. The van der Waals surface area contributed by atoms with Crippen molar-refractivity contribution in [1.29, 1.82) is 0 Å². The SMILES string of the molecule is CC1CCC(CNCC(O)C(C)(C)C)CC1. The zero-order valence-corrected chi connectivity index (χ0v) is 11.4. The molecule has 96 valence electrons. The van der Waals surface area contributed by atoms with E-state index in [1.165, 1.54) is 25.7 Å². The first-order valence-corrected chi connectivity index (χ1v) is 6.78. The Hall–Kier alpha value is -0.0800. The summed E-state index contributed by atoms with van der Waals surface area (Å²) in [4.78, 5) is 0. The summed E-state index contributed by atoms with van der Waals surface area (Å²) in [5.41, 5.74) is -0.00587. The van der Waals surface area contributed by atoms with Crippen molar-refractivity contribution >= 4 is 0 Å². The average molecular weight is 227 g/mol. The summed E-state index contributed by atoms with van der Waals surface area (Å²) in [7, 11) is 0. The fourth-order valence-electron chi connectivity index (χ4n) is 2.26. The van der Waals surface area contributed by atoms with Crippen LogP contribution in [-0.2, 0) is 0 Å². The lowest BCUT2D eigenvalue weighted by Gasteiger charge is -2.29. The molecule has 0 radical (unpaired) electrons. The van der Waals surface area contributed by atoms with Gasteiger partial charge in [0.25, 0.3) is 0 Å². The van der Waals surface area contributed by atoms with Crippen molar-refractivity contribution in [3.05, 3.63) is 0 Å². The highest BCUT2D eigenvalue weighted by atomic mass is 16.3. The van der Waals surface area contributed by atoms with Crippen molar-refractivity contribution in [3.8, 4) is 0 Å². The molecule has 1 rings (SSSR count). The molecule has 0 spiro atoms. The van der Waals surface area contributed by atoms with Crippen LogP contribution >= 0.6 is 0 Å². The summed E-state index contributed by atoms with van der Waals surface area (Å²) in [5.74, 6) is 1.76. The lowest BCUT2D eigenvalue weighted by atomic mass is 9.83. The van der Waals surface area contributed by atoms with Crippen molar-refractivity contribution in [3.63, 3.8) is 0 Å². The van der Waals surface area contributed by atoms with Gasteiger partial charge in [-0.25, -0.2) is 0 Å². The number of hydrogen-bond donors (Lipinski definition) is 2. The van der Waals surface area contributed by atoms with E-state index >= 15 is 0 Å². The van der Waals surface area contributed by atoms with Gasteiger partial charge in [0.1, 0.15) is 0 Å². The maximum atomic E-state index is 9.89. The molecule has 1 saturated carbocycles. The van der Waals surface area contributed by atoms with Crippen LogP contribution in [0.15, 0.2) is 0 Å². The van der Waals surface area contributed by atoms with E-state index < -0.39 is 0 Å². The van der Waals surface area contributed by atoms with Crippen LogP contribution in [0.1, 0.15) is 53.4 Å². The molecule has 2 heteroatoms. The summed E-state index contributed by atoms with van der Waals surface area (Å²) in [6.45, 7) is 10.4. The van der Waals surface area contributed by atoms with Crippen molar-refractivity contribution in [2.24, 2.45) is 17.3 Å². The maximum absolute atomic E-state index is 9.89. The normalized spacial score (nSPS) is 29.1. The highest BCUT2D eigenvalue weighted by Crippen LogP contribution is 2.27. The van der Waals surface area contributed by atoms with E-state index in [0.29, 0.717) is 0 Å². The van der Waals surface area contributed by atoms with E-state index in [-0.39, 0.29) is 11.5 Å². The molecule has 0 bridgehead atoms. The van der Waals surface area contributed by atoms with Gasteiger partial charge in [-0.3, -0.25) is 0 Å². The third kappa shape index (κ3) is 4.84. The van der Waals surface area contributed by atoms with Crippen molar-refractivity contribution in [2.75, 3.05) is 13.1 Å². The fraction of sp³-hybridized carbons (Fsp3) is 1.00. The van der Waals surface area contributed by atoms with Crippen LogP contribution in [0.2, 0.25) is 0 Å². The largest absolute Gasteiger partial charge is 0.391 e. The summed E-state index contributed by atoms with van der Waals surface area (Å²) >= 11 is 0. The minimum absolute atomic E-state index is 0.00587. The summed E-state index contributed by atoms with van der Waals surface area (Å²) in [6.07, 6.45) is 5.25. The van der Waals surface area contributed by atoms with Crippen LogP contribution in [0.3, 0.4) is 0 Å². The highest BCUT2D eigenvalue weighted by molar-refractivity contribution is 4.77. The Morgan fingerprint density at radius 1 is 1.19 bits per heavy atom.